The Morgan fingerprint density at radius 1 is 0.783 bits per heavy atom. The van der Waals surface area contributed by atoms with Crippen molar-refractivity contribution in [2.24, 2.45) is 11.8 Å². The lowest BCUT2D eigenvalue weighted by Gasteiger charge is -2.18. The lowest BCUT2D eigenvalue weighted by atomic mass is 9.88. The van der Waals surface area contributed by atoms with Crippen LogP contribution in [-0.2, 0) is 25.7 Å². The molecule has 0 heterocycles. The number of rotatable bonds is 8. The van der Waals surface area contributed by atoms with Gasteiger partial charge in [-0.15, -0.1) is 0 Å². The lowest BCUT2D eigenvalue weighted by molar-refractivity contribution is 0.623. The monoisotopic (exact) mass is 307 g/mol. The Hall–Kier alpha value is -1.56. The minimum Gasteiger partial charge on any atom is -0.0625 e. The molecule has 1 radical (unpaired) electrons. The largest absolute Gasteiger partial charge is 0.0625 e. The molecule has 23 heavy (non-hydrogen) atoms. The van der Waals surface area contributed by atoms with Crippen molar-refractivity contribution in [2.45, 2.75) is 59.8 Å². The Kier molecular flexibility index (Phi) is 6.89. The van der Waals surface area contributed by atoms with Crippen molar-refractivity contribution in [3.05, 3.63) is 70.8 Å². The van der Waals surface area contributed by atoms with E-state index in [2.05, 4.69) is 64.1 Å². The van der Waals surface area contributed by atoms with Gasteiger partial charge in [0.15, 0.2) is 0 Å². The van der Waals surface area contributed by atoms with Crippen molar-refractivity contribution in [1.82, 2.24) is 0 Å². The Bertz CT molecular complexity index is 550. The van der Waals surface area contributed by atoms with E-state index in [0.29, 0.717) is 11.8 Å². The van der Waals surface area contributed by atoms with E-state index in [1.807, 2.05) is 12.1 Å². The zero-order valence-corrected chi connectivity index (χ0v) is 15.2. The van der Waals surface area contributed by atoms with E-state index in [9.17, 15) is 0 Å². The molecule has 2 aromatic rings. The van der Waals surface area contributed by atoms with Crippen LogP contribution >= 0.6 is 0 Å². The molecule has 0 aliphatic heterocycles. The minimum atomic E-state index is 0.715. The molecule has 0 unspecified atom stereocenters. The first-order valence-electron chi connectivity index (χ1n) is 9.11. The first kappa shape index (κ1) is 17.8. The fraction of sp³-hybridized carbons (Fsp3) is 0.478. The summed E-state index contributed by atoms with van der Waals surface area (Å²) in [5, 5.41) is 0. The average Bonchev–Trinajstić information content (AvgIpc) is 2.50. The van der Waals surface area contributed by atoms with Gasteiger partial charge in [0, 0.05) is 0 Å². The standard InChI is InChI=1S/C23H31/c1-18(2)16-21-13-9-14-22(17-19(3)4)23(21)15-8-12-20-10-6-5-7-11-20/h6-7,9-11,13-14,18-19H,8,12,15-17H2,1-4H3. The maximum atomic E-state index is 3.10. The molecule has 0 N–H and O–H groups in total. The van der Waals surface area contributed by atoms with Crippen molar-refractivity contribution in [2.75, 3.05) is 0 Å². The second kappa shape index (κ2) is 8.91. The van der Waals surface area contributed by atoms with Crippen LogP contribution in [0.3, 0.4) is 0 Å². The molecule has 0 heteroatoms. The summed E-state index contributed by atoms with van der Waals surface area (Å²) < 4.78 is 0. The van der Waals surface area contributed by atoms with Crippen LogP contribution in [0.15, 0.2) is 42.5 Å². The molecule has 0 aliphatic carbocycles. The maximum Gasteiger partial charge on any atom is -0.0184 e. The Labute approximate surface area is 143 Å². The van der Waals surface area contributed by atoms with Gasteiger partial charge in [-0.3, -0.25) is 0 Å². The summed E-state index contributed by atoms with van der Waals surface area (Å²) in [6.07, 6.45) is 5.97. The second-order valence-electron chi connectivity index (χ2n) is 7.51. The number of aryl methyl sites for hydroxylation is 1. The third-order valence-corrected chi connectivity index (χ3v) is 4.31. The third-order valence-electron chi connectivity index (χ3n) is 4.31. The molecular weight excluding hydrogens is 276 g/mol. The molecule has 2 rings (SSSR count). The summed E-state index contributed by atoms with van der Waals surface area (Å²) in [5.41, 5.74) is 6.19. The average molecular weight is 308 g/mol. The lowest BCUT2D eigenvalue weighted by Crippen LogP contribution is -2.06. The van der Waals surface area contributed by atoms with Crippen molar-refractivity contribution in [1.29, 1.82) is 0 Å². The van der Waals surface area contributed by atoms with Crippen LogP contribution in [0.5, 0.6) is 0 Å². The fourth-order valence-corrected chi connectivity index (χ4v) is 3.33. The van der Waals surface area contributed by atoms with Crippen molar-refractivity contribution in [3.8, 4) is 0 Å². The van der Waals surface area contributed by atoms with Crippen LogP contribution < -0.4 is 0 Å². The topological polar surface area (TPSA) is 0 Å². The van der Waals surface area contributed by atoms with Crippen molar-refractivity contribution >= 4 is 0 Å². The van der Waals surface area contributed by atoms with Crippen molar-refractivity contribution in [3.63, 3.8) is 0 Å². The molecule has 0 bridgehead atoms. The van der Waals surface area contributed by atoms with E-state index in [1.165, 1.54) is 31.2 Å². The van der Waals surface area contributed by atoms with E-state index >= 15 is 0 Å². The van der Waals surface area contributed by atoms with Gasteiger partial charge >= 0.3 is 0 Å². The van der Waals surface area contributed by atoms with Crippen LogP contribution in [0, 0.1) is 17.9 Å². The van der Waals surface area contributed by atoms with Gasteiger partial charge in [0.1, 0.15) is 0 Å². The summed E-state index contributed by atoms with van der Waals surface area (Å²) in [6, 6.07) is 18.5. The quantitative estimate of drug-likeness (QED) is 0.556. The zero-order chi connectivity index (χ0) is 16.7. The molecule has 2 aromatic carbocycles. The Morgan fingerprint density at radius 3 is 1.87 bits per heavy atom. The van der Waals surface area contributed by atoms with Crippen LogP contribution in [0.2, 0.25) is 0 Å². The molecule has 0 saturated carbocycles. The first-order valence-corrected chi connectivity index (χ1v) is 9.11. The summed E-state index contributed by atoms with van der Waals surface area (Å²) >= 11 is 0. The van der Waals surface area contributed by atoms with Crippen LogP contribution in [-0.4, -0.2) is 0 Å². The van der Waals surface area contributed by atoms with E-state index < -0.39 is 0 Å². The highest BCUT2D eigenvalue weighted by Gasteiger charge is 2.11. The number of hydrogen-bond donors (Lipinski definition) is 0. The summed E-state index contributed by atoms with van der Waals surface area (Å²) in [7, 11) is 0. The van der Waals surface area contributed by atoms with Gasteiger partial charge < -0.3 is 0 Å². The van der Waals surface area contributed by atoms with Gasteiger partial charge in [-0.25, -0.2) is 0 Å². The van der Waals surface area contributed by atoms with Crippen LogP contribution in [0.4, 0.5) is 0 Å². The minimum absolute atomic E-state index is 0.715. The highest BCUT2D eigenvalue weighted by atomic mass is 14.2. The fourth-order valence-electron chi connectivity index (χ4n) is 3.33. The maximum absolute atomic E-state index is 3.10. The van der Waals surface area contributed by atoms with E-state index in [4.69, 9.17) is 0 Å². The molecule has 0 aromatic heterocycles. The summed E-state index contributed by atoms with van der Waals surface area (Å²) in [5.74, 6) is 1.43. The second-order valence-corrected chi connectivity index (χ2v) is 7.51. The molecule has 0 atom stereocenters. The van der Waals surface area contributed by atoms with Crippen molar-refractivity contribution < 1.29 is 0 Å². The van der Waals surface area contributed by atoms with Crippen LogP contribution in [0.25, 0.3) is 0 Å². The molecule has 0 saturated heterocycles. The molecule has 0 nitrogen and oxygen atoms in total. The Morgan fingerprint density at radius 2 is 1.35 bits per heavy atom. The van der Waals surface area contributed by atoms with E-state index in [-0.39, 0.29) is 0 Å². The molecule has 123 valence electrons. The predicted octanol–water partition coefficient (Wildman–Crippen LogP) is 6.06. The van der Waals surface area contributed by atoms with Crippen LogP contribution in [0.1, 0.15) is 56.4 Å². The normalized spacial score (nSPS) is 11.4. The first-order chi connectivity index (χ1) is 11.1. The van der Waals surface area contributed by atoms with E-state index in [0.717, 1.165) is 6.42 Å². The predicted molar refractivity (Wildman–Crippen MR) is 101 cm³/mol. The highest BCUT2D eigenvalue weighted by molar-refractivity contribution is 5.36. The SMILES string of the molecule is CC(C)Cc1cccc(CC(C)C)c1CCCc1cc[c]cc1. The summed E-state index contributed by atoms with van der Waals surface area (Å²) in [4.78, 5) is 0. The summed E-state index contributed by atoms with van der Waals surface area (Å²) in [6.45, 7) is 9.28. The van der Waals surface area contributed by atoms with Gasteiger partial charge in [-0.2, -0.15) is 0 Å². The van der Waals surface area contributed by atoms with Gasteiger partial charge in [-0.05, 0) is 72.3 Å². The molecular formula is C23H31. The molecule has 0 aliphatic rings. The third kappa shape index (κ3) is 5.86. The molecule has 0 fully saturated rings. The molecule has 0 spiro atoms. The zero-order valence-electron chi connectivity index (χ0n) is 15.2. The van der Waals surface area contributed by atoms with Gasteiger partial charge in [-0.1, -0.05) is 70.2 Å². The van der Waals surface area contributed by atoms with E-state index in [1.54, 1.807) is 16.7 Å². The van der Waals surface area contributed by atoms with Gasteiger partial charge in [0.25, 0.3) is 0 Å². The highest BCUT2D eigenvalue weighted by Crippen LogP contribution is 2.23. The number of hydrogen-bond acceptors (Lipinski definition) is 0. The molecule has 0 amide bonds. The van der Waals surface area contributed by atoms with Gasteiger partial charge in [0.2, 0.25) is 0 Å². The van der Waals surface area contributed by atoms with Gasteiger partial charge in [0.05, 0.1) is 0 Å². The number of benzene rings is 2. The smallest absolute Gasteiger partial charge is 0.0184 e. The Balaban J connectivity index is 2.12.